The highest BCUT2D eigenvalue weighted by Gasteiger charge is 2.08. The van der Waals surface area contributed by atoms with E-state index in [1.807, 2.05) is 6.07 Å². The van der Waals surface area contributed by atoms with E-state index in [1.165, 1.54) is 6.08 Å². The molecule has 2 rings (SSSR count). The van der Waals surface area contributed by atoms with Crippen LogP contribution < -0.4 is 0 Å². The van der Waals surface area contributed by atoms with Crippen molar-refractivity contribution in [1.82, 2.24) is 9.97 Å². The number of pyridine rings is 1. The van der Waals surface area contributed by atoms with Gasteiger partial charge in [0.25, 0.3) is 0 Å². The number of nitrogens with zero attached hydrogens (tertiary/aromatic N) is 1. The minimum atomic E-state index is -0.0840. The number of H-pyrrole nitrogens is 1. The molecule has 0 aliphatic heterocycles. The summed E-state index contributed by atoms with van der Waals surface area (Å²) in [6, 6.07) is 3.66. The molecule has 0 fully saturated rings. The third-order valence-corrected chi connectivity index (χ3v) is 1.90. The fourth-order valence-electron chi connectivity index (χ4n) is 1.27. The van der Waals surface area contributed by atoms with Gasteiger partial charge in [-0.05, 0) is 18.2 Å². The lowest BCUT2D eigenvalue weighted by molar-refractivity contribution is 0.104. The zero-order valence-corrected chi connectivity index (χ0v) is 6.95. The van der Waals surface area contributed by atoms with Crippen LogP contribution in [-0.4, -0.2) is 15.8 Å². The summed E-state index contributed by atoms with van der Waals surface area (Å²) in [7, 11) is 0. The van der Waals surface area contributed by atoms with Gasteiger partial charge in [-0.3, -0.25) is 4.79 Å². The van der Waals surface area contributed by atoms with Gasteiger partial charge in [0.05, 0.1) is 0 Å². The average molecular weight is 172 g/mol. The molecule has 0 aliphatic rings. The molecule has 2 aromatic rings. The Balaban J connectivity index is 2.71. The molecule has 0 aromatic carbocycles. The van der Waals surface area contributed by atoms with Crippen LogP contribution in [0.3, 0.4) is 0 Å². The summed E-state index contributed by atoms with van der Waals surface area (Å²) in [6.07, 6.45) is 4.64. The van der Waals surface area contributed by atoms with Gasteiger partial charge in [-0.15, -0.1) is 0 Å². The van der Waals surface area contributed by atoms with E-state index in [9.17, 15) is 4.79 Å². The van der Waals surface area contributed by atoms with Gasteiger partial charge in [-0.25, -0.2) is 4.98 Å². The van der Waals surface area contributed by atoms with Gasteiger partial charge >= 0.3 is 0 Å². The lowest BCUT2D eigenvalue weighted by atomic mass is 10.1. The lowest BCUT2D eigenvalue weighted by Crippen LogP contribution is -1.90. The standard InChI is InChI=1S/C10H8N2O/c1-2-9(13)8-6-12-10-7(8)4-3-5-11-10/h2-6H,1H2,(H,11,12). The molecule has 0 aliphatic carbocycles. The summed E-state index contributed by atoms with van der Waals surface area (Å²) in [4.78, 5) is 18.3. The van der Waals surface area contributed by atoms with E-state index in [1.54, 1.807) is 18.5 Å². The summed E-state index contributed by atoms with van der Waals surface area (Å²) in [5, 5.41) is 0.840. The van der Waals surface area contributed by atoms with E-state index in [0.717, 1.165) is 11.0 Å². The quantitative estimate of drug-likeness (QED) is 0.555. The Bertz CT molecular complexity index is 470. The van der Waals surface area contributed by atoms with Crippen LogP contribution in [0.5, 0.6) is 0 Å². The van der Waals surface area contributed by atoms with Crippen molar-refractivity contribution >= 4 is 16.8 Å². The first-order chi connectivity index (χ1) is 6.33. The summed E-state index contributed by atoms with van der Waals surface area (Å²) < 4.78 is 0. The van der Waals surface area contributed by atoms with Gasteiger partial charge in [0.15, 0.2) is 5.78 Å². The lowest BCUT2D eigenvalue weighted by Gasteiger charge is -1.90. The number of rotatable bonds is 2. The Labute approximate surface area is 75.1 Å². The number of aromatic nitrogens is 2. The van der Waals surface area contributed by atoms with Gasteiger partial charge < -0.3 is 4.98 Å². The molecule has 0 saturated carbocycles. The van der Waals surface area contributed by atoms with Crippen LogP contribution in [-0.2, 0) is 0 Å². The molecule has 0 amide bonds. The van der Waals surface area contributed by atoms with Crippen molar-refractivity contribution in [1.29, 1.82) is 0 Å². The zero-order chi connectivity index (χ0) is 9.26. The number of allylic oxidation sites excluding steroid dienone is 1. The largest absolute Gasteiger partial charge is 0.345 e. The Morgan fingerprint density at radius 2 is 2.46 bits per heavy atom. The molecule has 3 heteroatoms. The molecule has 0 unspecified atom stereocenters. The van der Waals surface area contributed by atoms with E-state index in [0.29, 0.717) is 5.56 Å². The maximum absolute atomic E-state index is 11.3. The number of ketones is 1. The minimum Gasteiger partial charge on any atom is -0.345 e. The molecule has 0 bridgehead atoms. The Hall–Kier alpha value is -1.90. The van der Waals surface area contributed by atoms with Crippen molar-refractivity contribution in [3.63, 3.8) is 0 Å². The van der Waals surface area contributed by atoms with Crippen LogP contribution in [0.15, 0.2) is 37.2 Å². The molecule has 0 saturated heterocycles. The van der Waals surface area contributed by atoms with Crippen molar-refractivity contribution in [3.05, 3.63) is 42.7 Å². The first-order valence-corrected chi connectivity index (χ1v) is 3.92. The average Bonchev–Trinajstić information content (AvgIpc) is 2.60. The first kappa shape index (κ1) is 7.73. The van der Waals surface area contributed by atoms with Crippen molar-refractivity contribution in [2.75, 3.05) is 0 Å². The third-order valence-electron chi connectivity index (χ3n) is 1.90. The number of carbonyl (C=O) groups is 1. The van der Waals surface area contributed by atoms with Crippen molar-refractivity contribution in [2.45, 2.75) is 0 Å². The second-order valence-corrected chi connectivity index (χ2v) is 2.67. The number of hydrogen-bond acceptors (Lipinski definition) is 2. The molecule has 13 heavy (non-hydrogen) atoms. The minimum absolute atomic E-state index is 0.0840. The van der Waals surface area contributed by atoms with Gasteiger partial charge in [-0.2, -0.15) is 0 Å². The summed E-state index contributed by atoms with van der Waals surface area (Å²) in [5.41, 5.74) is 1.35. The monoisotopic (exact) mass is 172 g/mol. The molecular formula is C10H8N2O. The normalized spacial score (nSPS) is 10.2. The zero-order valence-electron chi connectivity index (χ0n) is 6.95. The number of nitrogens with one attached hydrogen (secondary N) is 1. The smallest absolute Gasteiger partial charge is 0.187 e. The third kappa shape index (κ3) is 1.14. The fraction of sp³-hybridized carbons (Fsp3) is 0. The van der Waals surface area contributed by atoms with Crippen molar-refractivity contribution < 1.29 is 4.79 Å². The number of carbonyl (C=O) groups excluding carboxylic acids is 1. The van der Waals surface area contributed by atoms with Gasteiger partial charge in [-0.1, -0.05) is 6.58 Å². The van der Waals surface area contributed by atoms with E-state index < -0.39 is 0 Å². The van der Waals surface area contributed by atoms with E-state index >= 15 is 0 Å². The van der Waals surface area contributed by atoms with Crippen LogP contribution in [0.2, 0.25) is 0 Å². The van der Waals surface area contributed by atoms with Crippen LogP contribution in [0.25, 0.3) is 11.0 Å². The SMILES string of the molecule is C=CC(=O)c1c[nH]c2ncccc12. The van der Waals surface area contributed by atoms with E-state index in [4.69, 9.17) is 0 Å². The Morgan fingerprint density at radius 3 is 3.23 bits per heavy atom. The number of hydrogen-bond donors (Lipinski definition) is 1. The molecule has 1 N–H and O–H groups in total. The van der Waals surface area contributed by atoms with Crippen molar-refractivity contribution in [3.8, 4) is 0 Å². The summed E-state index contributed by atoms with van der Waals surface area (Å²) in [6.45, 7) is 3.44. The molecule has 0 radical (unpaired) electrons. The van der Waals surface area contributed by atoms with Crippen LogP contribution >= 0.6 is 0 Å². The molecular weight excluding hydrogens is 164 g/mol. The Morgan fingerprint density at radius 1 is 1.62 bits per heavy atom. The van der Waals surface area contributed by atoms with Crippen LogP contribution in [0.1, 0.15) is 10.4 Å². The number of aromatic amines is 1. The highest BCUT2D eigenvalue weighted by Crippen LogP contribution is 2.15. The predicted molar refractivity (Wildman–Crippen MR) is 50.6 cm³/mol. The van der Waals surface area contributed by atoms with E-state index in [-0.39, 0.29) is 5.78 Å². The second kappa shape index (κ2) is 2.86. The van der Waals surface area contributed by atoms with E-state index in [2.05, 4.69) is 16.5 Å². The first-order valence-electron chi connectivity index (χ1n) is 3.92. The second-order valence-electron chi connectivity index (χ2n) is 2.67. The Kier molecular flexibility index (Phi) is 1.70. The molecule has 2 aromatic heterocycles. The molecule has 64 valence electrons. The van der Waals surface area contributed by atoms with Gasteiger partial charge in [0.1, 0.15) is 5.65 Å². The molecule has 2 heterocycles. The maximum Gasteiger partial charge on any atom is 0.187 e. The predicted octanol–water partition coefficient (Wildman–Crippen LogP) is 1.93. The highest BCUT2D eigenvalue weighted by molar-refractivity contribution is 6.12. The van der Waals surface area contributed by atoms with Crippen molar-refractivity contribution in [2.24, 2.45) is 0 Å². The number of fused-ring (bicyclic) bond motifs is 1. The molecule has 0 spiro atoms. The van der Waals surface area contributed by atoms with Crippen LogP contribution in [0.4, 0.5) is 0 Å². The fourth-order valence-corrected chi connectivity index (χ4v) is 1.27. The molecule has 0 atom stereocenters. The highest BCUT2D eigenvalue weighted by atomic mass is 16.1. The van der Waals surface area contributed by atoms with Gasteiger partial charge in [0, 0.05) is 23.3 Å². The summed E-state index contributed by atoms with van der Waals surface area (Å²) in [5.74, 6) is -0.0840. The maximum atomic E-state index is 11.3. The van der Waals surface area contributed by atoms with Gasteiger partial charge in [0.2, 0.25) is 0 Å². The van der Waals surface area contributed by atoms with Crippen LogP contribution in [0, 0.1) is 0 Å². The molecule has 3 nitrogen and oxygen atoms in total. The summed E-state index contributed by atoms with van der Waals surface area (Å²) >= 11 is 0. The topological polar surface area (TPSA) is 45.8 Å².